The number of ether oxygens (including phenoxy) is 1. The molecule has 0 aliphatic heterocycles. The van der Waals surface area contributed by atoms with Crippen LogP contribution in [0.1, 0.15) is 51.4 Å². The van der Waals surface area contributed by atoms with Crippen LogP contribution in [0.15, 0.2) is 30.3 Å². The summed E-state index contributed by atoms with van der Waals surface area (Å²) in [5.74, 6) is -0.153. The number of carbonyl (C=O) groups is 2. The van der Waals surface area contributed by atoms with Gasteiger partial charge in [0.2, 0.25) is 5.78 Å². The summed E-state index contributed by atoms with van der Waals surface area (Å²) < 4.78 is 4.68. The van der Waals surface area contributed by atoms with E-state index in [-0.39, 0.29) is 5.78 Å². The molecule has 0 aliphatic rings. The summed E-state index contributed by atoms with van der Waals surface area (Å²) >= 11 is 0. The van der Waals surface area contributed by atoms with Crippen molar-refractivity contribution in [2.75, 3.05) is 0 Å². The number of benzene rings is 1. The molecule has 1 aromatic carbocycles. The zero-order valence-electron chi connectivity index (χ0n) is 13.6. The smallest absolute Gasteiger partial charge is 0.293 e. The van der Waals surface area contributed by atoms with E-state index >= 15 is 0 Å². The predicted molar refractivity (Wildman–Crippen MR) is 85.4 cm³/mol. The molecule has 0 fully saturated rings. The summed E-state index contributed by atoms with van der Waals surface area (Å²) in [6.45, 7) is 10.7. The first-order chi connectivity index (χ1) is 9.92. The predicted octanol–water partition coefficient (Wildman–Crippen LogP) is 3.21. The Morgan fingerprint density at radius 2 is 1.67 bits per heavy atom. The summed E-state index contributed by atoms with van der Waals surface area (Å²) in [6, 6.07) is 10.1. The Morgan fingerprint density at radius 1 is 1.14 bits per heavy atom. The summed E-state index contributed by atoms with van der Waals surface area (Å²) in [6.07, 6.45) is -0.165. The van der Waals surface area contributed by atoms with Gasteiger partial charge in [0.15, 0.2) is 6.10 Å². The number of hydrogen-bond acceptors (Lipinski definition) is 4. The van der Waals surface area contributed by atoms with Crippen LogP contribution in [-0.2, 0) is 9.53 Å². The van der Waals surface area contributed by atoms with Gasteiger partial charge in [-0.05, 0) is 6.42 Å². The fourth-order valence-corrected chi connectivity index (χ4v) is 1.87. The van der Waals surface area contributed by atoms with Gasteiger partial charge in [0.05, 0.1) is 0 Å². The molecule has 0 bridgehead atoms. The third kappa shape index (κ3) is 8.97. The Bertz CT molecular complexity index is 396. The van der Waals surface area contributed by atoms with Gasteiger partial charge in [0, 0.05) is 17.6 Å². The Labute approximate surface area is 127 Å². The van der Waals surface area contributed by atoms with E-state index in [1.807, 2.05) is 6.07 Å². The SMILES string of the molecule is CC(C)NC(C)C.CCC(OC=O)C(=O)c1ccccc1. The molecule has 21 heavy (non-hydrogen) atoms. The average Bonchev–Trinajstić information content (AvgIpc) is 2.44. The Kier molecular flexibility index (Phi) is 10.1. The lowest BCUT2D eigenvalue weighted by Crippen LogP contribution is -2.29. The molecule has 118 valence electrons. The molecule has 1 rings (SSSR count). The maximum Gasteiger partial charge on any atom is 0.293 e. The Hall–Kier alpha value is -1.68. The van der Waals surface area contributed by atoms with Crippen LogP contribution in [0, 0.1) is 0 Å². The van der Waals surface area contributed by atoms with Gasteiger partial charge in [0.1, 0.15) is 0 Å². The van der Waals surface area contributed by atoms with Crippen molar-refractivity contribution in [2.45, 2.75) is 59.2 Å². The van der Waals surface area contributed by atoms with Crippen molar-refractivity contribution >= 4 is 12.3 Å². The minimum atomic E-state index is -0.658. The lowest BCUT2D eigenvalue weighted by Gasteiger charge is -2.10. The molecule has 4 heteroatoms. The van der Waals surface area contributed by atoms with E-state index in [1.54, 1.807) is 31.2 Å². The summed E-state index contributed by atoms with van der Waals surface area (Å²) in [4.78, 5) is 21.8. The van der Waals surface area contributed by atoms with Crippen molar-refractivity contribution in [1.82, 2.24) is 5.32 Å². The zero-order chi connectivity index (χ0) is 16.3. The van der Waals surface area contributed by atoms with Gasteiger partial charge in [-0.25, -0.2) is 0 Å². The fourth-order valence-electron chi connectivity index (χ4n) is 1.87. The molecule has 1 N–H and O–H groups in total. The molecule has 4 nitrogen and oxygen atoms in total. The van der Waals surface area contributed by atoms with Crippen LogP contribution >= 0.6 is 0 Å². The standard InChI is InChI=1S/C11H12O3.C6H15N/c1-2-10(14-8-12)11(13)9-6-4-3-5-7-9;1-5(2)7-6(3)4/h3-8,10H,2H2,1H3;5-7H,1-4H3. The minimum Gasteiger partial charge on any atom is -0.456 e. The molecule has 1 atom stereocenters. The number of carbonyl (C=O) groups excluding carboxylic acids is 2. The maximum atomic E-state index is 11.7. The third-order valence-electron chi connectivity index (χ3n) is 2.61. The van der Waals surface area contributed by atoms with E-state index in [2.05, 4.69) is 37.7 Å². The van der Waals surface area contributed by atoms with Crippen molar-refractivity contribution < 1.29 is 14.3 Å². The van der Waals surface area contributed by atoms with Crippen LogP contribution in [0.3, 0.4) is 0 Å². The van der Waals surface area contributed by atoms with Gasteiger partial charge in [-0.15, -0.1) is 0 Å². The van der Waals surface area contributed by atoms with E-state index < -0.39 is 6.10 Å². The number of ketones is 1. The van der Waals surface area contributed by atoms with Gasteiger partial charge in [-0.3, -0.25) is 9.59 Å². The topological polar surface area (TPSA) is 55.4 Å². The molecule has 0 saturated carbocycles. The molecular formula is C17H27NO3. The van der Waals surface area contributed by atoms with Crippen LogP contribution in [0.2, 0.25) is 0 Å². The molecule has 0 aromatic heterocycles. The van der Waals surface area contributed by atoms with E-state index in [0.717, 1.165) is 0 Å². The fraction of sp³-hybridized carbons (Fsp3) is 0.529. The summed E-state index contributed by atoms with van der Waals surface area (Å²) in [5, 5.41) is 3.31. The van der Waals surface area contributed by atoms with Crippen LogP contribution in [0.4, 0.5) is 0 Å². The van der Waals surface area contributed by atoms with E-state index in [1.165, 1.54) is 0 Å². The van der Waals surface area contributed by atoms with Crippen molar-refractivity contribution in [3.63, 3.8) is 0 Å². The molecular weight excluding hydrogens is 266 g/mol. The molecule has 0 amide bonds. The second-order valence-corrected chi connectivity index (χ2v) is 5.34. The number of Topliss-reactive ketones (excluding diaryl/α,β-unsaturated/α-hetero) is 1. The lowest BCUT2D eigenvalue weighted by molar-refractivity contribution is -0.131. The van der Waals surface area contributed by atoms with Crippen molar-refractivity contribution in [3.8, 4) is 0 Å². The molecule has 0 aliphatic carbocycles. The summed E-state index contributed by atoms with van der Waals surface area (Å²) in [5.41, 5.74) is 0.571. The highest BCUT2D eigenvalue weighted by Crippen LogP contribution is 2.08. The molecule has 0 heterocycles. The molecule has 0 saturated heterocycles. The van der Waals surface area contributed by atoms with Gasteiger partial charge in [-0.1, -0.05) is 65.0 Å². The van der Waals surface area contributed by atoms with Crippen LogP contribution in [-0.4, -0.2) is 30.4 Å². The largest absolute Gasteiger partial charge is 0.456 e. The van der Waals surface area contributed by atoms with Gasteiger partial charge in [0.25, 0.3) is 6.47 Å². The second kappa shape index (κ2) is 11.0. The monoisotopic (exact) mass is 293 g/mol. The maximum absolute atomic E-state index is 11.7. The first kappa shape index (κ1) is 19.3. The number of rotatable bonds is 7. The molecule has 0 spiro atoms. The second-order valence-electron chi connectivity index (χ2n) is 5.34. The van der Waals surface area contributed by atoms with Gasteiger partial charge < -0.3 is 10.1 Å². The summed E-state index contributed by atoms with van der Waals surface area (Å²) in [7, 11) is 0. The van der Waals surface area contributed by atoms with E-state index in [0.29, 0.717) is 30.5 Å². The van der Waals surface area contributed by atoms with Crippen molar-refractivity contribution in [1.29, 1.82) is 0 Å². The molecule has 1 aromatic rings. The van der Waals surface area contributed by atoms with Crippen molar-refractivity contribution in [2.24, 2.45) is 0 Å². The van der Waals surface area contributed by atoms with E-state index in [9.17, 15) is 9.59 Å². The first-order valence-electron chi connectivity index (χ1n) is 7.36. The lowest BCUT2D eigenvalue weighted by atomic mass is 10.0. The van der Waals surface area contributed by atoms with Crippen molar-refractivity contribution in [3.05, 3.63) is 35.9 Å². The minimum absolute atomic E-state index is 0.153. The number of nitrogens with one attached hydrogen (secondary N) is 1. The average molecular weight is 293 g/mol. The first-order valence-corrected chi connectivity index (χ1v) is 7.36. The highest BCUT2D eigenvalue weighted by Gasteiger charge is 2.18. The number of hydrogen-bond donors (Lipinski definition) is 1. The molecule has 0 radical (unpaired) electrons. The van der Waals surface area contributed by atoms with Gasteiger partial charge >= 0.3 is 0 Å². The van der Waals surface area contributed by atoms with Crippen LogP contribution in [0.25, 0.3) is 0 Å². The van der Waals surface area contributed by atoms with Gasteiger partial charge in [-0.2, -0.15) is 0 Å². The molecule has 1 unspecified atom stereocenters. The highest BCUT2D eigenvalue weighted by molar-refractivity contribution is 5.99. The highest BCUT2D eigenvalue weighted by atomic mass is 16.5. The van der Waals surface area contributed by atoms with E-state index in [4.69, 9.17) is 0 Å². The zero-order valence-corrected chi connectivity index (χ0v) is 13.6. The normalized spacial score (nSPS) is 11.6. The Balaban J connectivity index is 0.000000486. The quantitative estimate of drug-likeness (QED) is 0.619. The van der Waals surface area contributed by atoms with Crippen LogP contribution in [0.5, 0.6) is 0 Å². The Morgan fingerprint density at radius 3 is 2.00 bits per heavy atom. The third-order valence-corrected chi connectivity index (χ3v) is 2.61. The van der Waals surface area contributed by atoms with Crippen LogP contribution < -0.4 is 5.32 Å².